The van der Waals surface area contributed by atoms with Crippen LogP contribution in [0.3, 0.4) is 0 Å². The van der Waals surface area contributed by atoms with Crippen LogP contribution in [-0.2, 0) is 4.79 Å². The SMILES string of the molecule is C=C(C)N(C=C(C)C)/C(=C(\C)c1ccc(F)cc1)c1ccnc(NC2CCN(C(C)=O)CC2)n1. The predicted octanol–water partition coefficient (Wildman–Crippen LogP) is 5.69. The molecule has 0 atom stereocenters. The Kier molecular flexibility index (Phi) is 8.21. The van der Waals surface area contributed by atoms with Crippen molar-refractivity contribution in [2.75, 3.05) is 18.4 Å². The van der Waals surface area contributed by atoms with Gasteiger partial charge in [-0.3, -0.25) is 4.79 Å². The van der Waals surface area contributed by atoms with Crippen LogP contribution in [0.1, 0.15) is 58.7 Å². The fourth-order valence-corrected chi connectivity index (χ4v) is 4.04. The van der Waals surface area contributed by atoms with Gasteiger partial charge in [0, 0.05) is 44.1 Å². The summed E-state index contributed by atoms with van der Waals surface area (Å²) in [6.45, 7) is 15.2. The first-order valence-electron chi connectivity index (χ1n) is 11.6. The van der Waals surface area contributed by atoms with Crippen molar-refractivity contribution in [2.45, 2.75) is 53.5 Å². The summed E-state index contributed by atoms with van der Waals surface area (Å²) in [5.74, 6) is 0.382. The van der Waals surface area contributed by atoms with Crippen LogP contribution in [-0.4, -0.2) is 44.8 Å². The zero-order valence-corrected chi connectivity index (χ0v) is 20.7. The van der Waals surface area contributed by atoms with Gasteiger partial charge in [0.2, 0.25) is 11.9 Å². The normalized spacial score (nSPS) is 14.8. The topological polar surface area (TPSA) is 61.4 Å². The minimum absolute atomic E-state index is 0.113. The molecule has 1 N–H and O–H groups in total. The van der Waals surface area contributed by atoms with Crippen molar-refractivity contribution in [1.82, 2.24) is 19.8 Å². The van der Waals surface area contributed by atoms with Crippen molar-refractivity contribution in [2.24, 2.45) is 0 Å². The van der Waals surface area contributed by atoms with Gasteiger partial charge in [0.05, 0.1) is 11.4 Å². The first kappa shape index (κ1) is 25.1. The molecule has 0 aliphatic carbocycles. The fourth-order valence-electron chi connectivity index (χ4n) is 4.04. The van der Waals surface area contributed by atoms with Crippen molar-refractivity contribution < 1.29 is 9.18 Å². The number of piperidine rings is 1. The summed E-state index contributed by atoms with van der Waals surface area (Å²) >= 11 is 0. The highest BCUT2D eigenvalue weighted by Crippen LogP contribution is 2.32. The summed E-state index contributed by atoms with van der Waals surface area (Å²) in [4.78, 5) is 24.8. The van der Waals surface area contributed by atoms with E-state index >= 15 is 0 Å². The van der Waals surface area contributed by atoms with Crippen LogP contribution in [0.25, 0.3) is 11.3 Å². The number of carbonyl (C=O) groups excluding carboxylic acids is 1. The Labute approximate surface area is 201 Å². The summed E-state index contributed by atoms with van der Waals surface area (Å²) in [5.41, 5.74) is 5.38. The van der Waals surface area contributed by atoms with E-state index in [1.54, 1.807) is 25.3 Å². The van der Waals surface area contributed by atoms with Crippen LogP contribution < -0.4 is 5.32 Å². The molecule has 7 heteroatoms. The Morgan fingerprint density at radius 1 is 1.12 bits per heavy atom. The van der Waals surface area contributed by atoms with E-state index in [0.717, 1.165) is 59.7 Å². The third-order valence-corrected chi connectivity index (χ3v) is 5.84. The van der Waals surface area contributed by atoms with E-state index in [0.29, 0.717) is 5.95 Å². The molecule has 1 fully saturated rings. The highest BCUT2D eigenvalue weighted by atomic mass is 19.1. The number of nitrogens with zero attached hydrogens (tertiary/aromatic N) is 4. The van der Waals surface area contributed by atoms with Crippen LogP contribution in [0.2, 0.25) is 0 Å². The fraction of sp³-hybridized carbons (Fsp3) is 0.370. The van der Waals surface area contributed by atoms with Gasteiger partial charge in [-0.1, -0.05) is 24.3 Å². The Morgan fingerprint density at radius 2 is 1.76 bits per heavy atom. The standard InChI is InChI=1S/C27H34FN5O/c1-18(2)17-33(19(3)4)26(20(5)22-7-9-23(28)10-8-22)25-11-14-29-27(31-25)30-24-12-15-32(16-13-24)21(6)34/h7-11,14,17,24H,3,12-13,15-16H2,1-2,4-6H3,(H,29,30,31)/b26-20+. The number of rotatable bonds is 7. The molecule has 1 aromatic heterocycles. The molecule has 34 heavy (non-hydrogen) atoms. The molecule has 2 aromatic rings. The molecule has 1 aliphatic rings. The molecule has 1 aromatic carbocycles. The van der Waals surface area contributed by atoms with Gasteiger partial charge in [-0.25, -0.2) is 14.4 Å². The predicted molar refractivity (Wildman–Crippen MR) is 136 cm³/mol. The number of carbonyl (C=O) groups is 1. The van der Waals surface area contributed by atoms with Gasteiger partial charge in [0.25, 0.3) is 0 Å². The zero-order valence-electron chi connectivity index (χ0n) is 20.7. The van der Waals surface area contributed by atoms with Gasteiger partial charge < -0.3 is 15.1 Å². The molecule has 2 heterocycles. The second kappa shape index (κ2) is 11.1. The first-order valence-corrected chi connectivity index (χ1v) is 11.6. The number of amides is 1. The molecule has 1 saturated heterocycles. The third kappa shape index (κ3) is 6.31. The summed E-state index contributed by atoms with van der Waals surface area (Å²) in [5, 5.41) is 3.44. The number of hydrogen-bond donors (Lipinski definition) is 1. The van der Waals surface area contributed by atoms with Crippen LogP contribution in [0.15, 0.2) is 60.6 Å². The molecule has 6 nitrogen and oxygen atoms in total. The average molecular weight is 464 g/mol. The van der Waals surface area contributed by atoms with E-state index in [4.69, 9.17) is 4.98 Å². The van der Waals surface area contributed by atoms with E-state index < -0.39 is 0 Å². The van der Waals surface area contributed by atoms with Gasteiger partial charge in [-0.05, 0) is 69.9 Å². The number of allylic oxidation sites excluding steroid dienone is 3. The second-order valence-electron chi connectivity index (χ2n) is 8.98. The van der Waals surface area contributed by atoms with Crippen molar-refractivity contribution >= 4 is 23.1 Å². The van der Waals surface area contributed by atoms with Crippen molar-refractivity contribution in [3.8, 4) is 0 Å². The Hall–Kier alpha value is -3.48. The minimum atomic E-state index is -0.275. The quantitative estimate of drug-likeness (QED) is 0.572. The maximum Gasteiger partial charge on any atom is 0.223 e. The number of anilines is 1. The number of likely N-dealkylation sites (tertiary alicyclic amines) is 1. The molecule has 0 radical (unpaired) electrons. The first-order chi connectivity index (χ1) is 16.2. The summed E-state index contributed by atoms with van der Waals surface area (Å²) in [6, 6.07) is 8.54. The van der Waals surface area contributed by atoms with Gasteiger partial charge in [0.15, 0.2) is 0 Å². The van der Waals surface area contributed by atoms with E-state index in [9.17, 15) is 9.18 Å². The molecular weight excluding hydrogens is 429 g/mol. The van der Waals surface area contributed by atoms with Crippen molar-refractivity contribution in [3.63, 3.8) is 0 Å². The lowest BCUT2D eigenvalue weighted by molar-refractivity contribution is -0.129. The molecule has 0 saturated carbocycles. The highest BCUT2D eigenvalue weighted by Gasteiger charge is 2.22. The monoisotopic (exact) mass is 463 g/mol. The van der Waals surface area contributed by atoms with E-state index in [-0.39, 0.29) is 17.8 Å². The second-order valence-corrected chi connectivity index (χ2v) is 8.98. The maximum absolute atomic E-state index is 13.6. The molecule has 1 aliphatic heterocycles. The van der Waals surface area contributed by atoms with Gasteiger partial charge in [-0.2, -0.15) is 0 Å². The Balaban J connectivity index is 1.99. The van der Waals surface area contributed by atoms with E-state index in [1.165, 1.54) is 12.1 Å². The van der Waals surface area contributed by atoms with Gasteiger partial charge in [-0.15, -0.1) is 0 Å². The van der Waals surface area contributed by atoms with E-state index in [2.05, 4.69) is 16.9 Å². The average Bonchev–Trinajstić information content (AvgIpc) is 2.79. The summed E-state index contributed by atoms with van der Waals surface area (Å²) in [7, 11) is 0. The Bertz CT molecular complexity index is 1090. The van der Waals surface area contributed by atoms with Gasteiger partial charge in [0.1, 0.15) is 5.82 Å². The molecule has 0 unspecified atom stereocenters. The molecular formula is C27H34FN5O. The summed E-state index contributed by atoms with van der Waals surface area (Å²) < 4.78 is 13.6. The summed E-state index contributed by atoms with van der Waals surface area (Å²) in [6.07, 6.45) is 5.46. The van der Waals surface area contributed by atoms with E-state index in [1.807, 2.05) is 49.8 Å². The largest absolute Gasteiger partial charge is 0.351 e. The van der Waals surface area contributed by atoms with Crippen LogP contribution in [0, 0.1) is 5.82 Å². The number of nitrogens with one attached hydrogen (secondary N) is 1. The lowest BCUT2D eigenvalue weighted by atomic mass is 10.0. The maximum atomic E-state index is 13.6. The molecule has 0 bridgehead atoms. The smallest absolute Gasteiger partial charge is 0.223 e. The van der Waals surface area contributed by atoms with Crippen LogP contribution >= 0.6 is 0 Å². The third-order valence-electron chi connectivity index (χ3n) is 5.84. The minimum Gasteiger partial charge on any atom is -0.351 e. The number of benzene rings is 1. The number of halogens is 1. The number of aromatic nitrogens is 2. The molecule has 180 valence electrons. The lowest BCUT2D eigenvalue weighted by Crippen LogP contribution is -2.41. The van der Waals surface area contributed by atoms with Gasteiger partial charge >= 0.3 is 0 Å². The Morgan fingerprint density at radius 3 is 2.32 bits per heavy atom. The zero-order chi connectivity index (χ0) is 24.8. The molecule has 3 rings (SSSR count). The number of hydrogen-bond acceptors (Lipinski definition) is 5. The lowest BCUT2D eigenvalue weighted by Gasteiger charge is -2.32. The molecule has 0 spiro atoms. The van der Waals surface area contributed by atoms with Crippen LogP contribution in [0.5, 0.6) is 0 Å². The van der Waals surface area contributed by atoms with Crippen molar-refractivity contribution in [3.05, 3.63) is 77.7 Å². The van der Waals surface area contributed by atoms with Crippen molar-refractivity contribution in [1.29, 1.82) is 0 Å². The highest BCUT2D eigenvalue weighted by molar-refractivity contribution is 5.89. The molecule has 1 amide bonds. The van der Waals surface area contributed by atoms with Crippen LogP contribution in [0.4, 0.5) is 10.3 Å².